The molecule has 0 aromatic rings. The zero-order chi connectivity index (χ0) is 14.0. The Morgan fingerprint density at radius 3 is 2.75 bits per heavy atom. The molecule has 1 saturated carbocycles. The van der Waals surface area contributed by atoms with Gasteiger partial charge >= 0.3 is 5.97 Å². The minimum absolute atomic E-state index is 0.0104. The molecule has 2 aliphatic heterocycles. The van der Waals surface area contributed by atoms with Gasteiger partial charge < -0.3 is 9.47 Å². The fraction of sp³-hybridized carbons (Fsp3) is 0.938. The average Bonchev–Trinajstić information content (AvgIpc) is 2.97. The zero-order valence-electron chi connectivity index (χ0n) is 12.6. The van der Waals surface area contributed by atoms with Gasteiger partial charge in [0.2, 0.25) is 0 Å². The molecule has 0 N–H and O–H groups in total. The van der Waals surface area contributed by atoms with E-state index in [-0.39, 0.29) is 17.6 Å². The number of carbonyl (C=O) groups is 1. The molecule has 3 rings (SSSR count). The minimum atomic E-state index is -0.0494. The van der Waals surface area contributed by atoms with Crippen molar-refractivity contribution in [3.05, 3.63) is 0 Å². The second kappa shape index (κ2) is 6.02. The van der Waals surface area contributed by atoms with Crippen LogP contribution in [0.1, 0.15) is 57.8 Å². The molecule has 0 aromatic carbocycles. The third-order valence-electron chi connectivity index (χ3n) is 5.47. The van der Waals surface area contributed by atoms with E-state index in [1.54, 1.807) is 0 Å². The maximum atomic E-state index is 11.9. The lowest BCUT2D eigenvalue weighted by molar-refractivity contribution is -0.152. The highest BCUT2D eigenvalue weighted by atomic mass is 16.5. The van der Waals surface area contributed by atoms with Crippen LogP contribution in [0, 0.1) is 0 Å². The molecule has 0 radical (unpaired) electrons. The predicted octanol–water partition coefficient (Wildman–Crippen LogP) is 2.51. The van der Waals surface area contributed by atoms with Crippen molar-refractivity contribution in [1.82, 2.24) is 4.90 Å². The highest BCUT2D eigenvalue weighted by molar-refractivity contribution is 5.76. The lowest BCUT2D eigenvalue weighted by atomic mass is 9.78. The Morgan fingerprint density at radius 2 is 2.00 bits per heavy atom. The lowest BCUT2D eigenvalue weighted by Crippen LogP contribution is -2.52. The second-order valence-corrected chi connectivity index (χ2v) is 6.66. The highest BCUT2D eigenvalue weighted by Gasteiger charge is 2.44. The van der Waals surface area contributed by atoms with Gasteiger partial charge in [0, 0.05) is 12.6 Å². The van der Waals surface area contributed by atoms with Gasteiger partial charge in [0.15, 0.2) is 0 Å². The molecule has 1 spiro atoms. The molecule has 2 saturated heterocycles. The molecule has 2 unspecified atom stereocenters. The Kier molecular flexibility index (Phi) is 4.32. The summed E-state index contributed by atoms with van der Waals surface area (Å²) in [6.07, 6.45) is 10.6. The van der Waals surface area contributed by atoms with Crippen LogP contribution < -0.4 is 0 Å². The molecular weight excluding hydrogens is 254 g/mol. The van der Waals surface area contributed by atoms with E-state index in [1.807, 2.05) is 0 Å². The third-order valence-corrected chi connectivity index (χ3v) is 5.47. The number of esters is 1. The Hall–Kier alpha value is -0.610. The van der Waals surface area contributed by atoms with E-state index in [4.69, 9.17) is 9.47 Å². The summed E-state index contributed by atoms with van der Waals surface area (Å²) >= 11 is 0. The molecule has 3 fully saturated rings. The molecule has 0 aromatic heterocycles. The fourth-order valence-electron chi connectivity index (χ4n) is 4.44. The van der Waals surface area contributed by atoms with Gasteiger partial charge in [-0.25, -0.2) is 0 Å². The van der Waals surface area contributed by atoms with E-state index in [1.165, 1.54) is 39.2 Å². The number of hydrogen-bond donors (Lipinski definition) is 0. The monoisotopic (exact) mass is 281 g/mol. The largest absolute Gasteiger partial charge is 0.468 e. The Labute approximate surface area is 121 Å². The fourth-order valence-corrected chi connectivity index (χ4v) is 4.44. The lowest BCUT2D eigenvalue weighted by Gasteiger charge is -2.46. The maximum absolute atomic E-state index is 11.9. The number of methoxy groups -OCH3 is 1. The van der Waals surface area contributed by atoms with Gasteiger partial charge in [-0.3, -0.25) is 9.69 Å². The van der Waals surface area contributed by atoms with Gasteiger partial charge in [-0.15, -0.1) is 0 Å². The summed E-state index contributed by atoms with van der Waals surface area (Å²) < 4.78 is 11.2. The molecule has 20 heavy (non-hydrogen) atoms. The summed E-state index contributed by atoms with van der Waals surface area (Å²) in [7, 11) is 1.51. The average molecular weight is 281 g/mol. The highest BCUT2D eigenvalue weighted by Crippen LogP contribution is 2.41. The summed E-state index contributed by atoms with van der Waals surface area (Å²) in [5.41, 5.74) is 0.116. The van der Waals surface area contributed by atoms with Crippen LogP contribution in [-0.4, -0.2) is 48.8 Å². The number of ether oxygens (including phenoxy) is 2. The molecule has 114 valence electrons. The first kappa shape index (κ1) is 14.3. The van der Waals surface area contributed by atoms with Crippen LogP contribution in [0.3, 0.4) is 0 Å². The van der Waals surface area contributed by atoms with Crippen LogP contribution >= 0.6 is 0 Å². The minimum Gasteiger partial charge on any atom is -0.468 e. The first-order chi connectivity index (χ1) is 9.74. The van der Waals surface area contributed by atoms with Crippen LogP contribution in [-0.2, 0) is 14.3 Å². The molecule has 1 aliphatic carbocycles. The van der Waals surface area contributed by atoms with Crippen molar-refractivity contribution < 1.29 is 14.3 Å². The summed E-state index contributed by atoms with van der Waals surface area (Å²) in [5, 5.41) is 0. The van der Waals surface area contributed by atoms with E-state index in [0.717, 1.165) is 38.8 Å². The summed E-state index contributed by atoms with van der Waals surface area (Å²) in [6, 6.07) is 0.497. The van der Waals surface area contributed by atoms with E-state index in [9.17, 15) is 4.79 Å². The second-order valence-electron chi connectivity index (χ2n) is 6.66. The first-order valence-corrected chi connectivity index (χ1v) is 8.22. The molecule has 2 atom stereocenters. The van der Waals surface area contributed by atoms with E-state index < -0.39 is 0 Å². The van der Waals surface area contributed by atoms with E-state index in [2.05, 4.69) is 4.90 Å². The summed E-state index contributed by atoms with van der Waals surface area (Å²) in [5.74, 6) is -0.0494. The van der Waals surface area contributed by atoms with Gasteiger partial charge in [-0.2, -0.15) is 0 Å². The van der Waals surface area contributed by atoms with Crippen molar-refractivity contribution in [2.75, 3.05) is 20.3 Å². The van der Waals surface area contributed by atoms with Gasteiger partial charge in [0.25, 0.3) is 0 Å². The molecule has 0 amide bonds. The number of hydrogen-bond acceptors (Lipinski definition) is 4. The smallest absolute Gasteiger partial charge is 0.323 e. The number of rotatable bonds is 2. The Balaban J connectivity index is 1.68. The van der Waals surface area contributed by atoms with Crippen LogP contribution in [0.15, 0.2) is 0 Å². The maximum Gasteiger partial charge on any atom is 0.323 e. The quantitative estimate of drug-likeness (QED) is 0.729. The zero-order valence-corrected chi connectivity index (χ0v) is 12.6. The van der Waals surface area contributed by atoms with E-state index >= 15 is 0 Å². The van der Waals surface area contributed by atoms with Crippen molar-refractivity contribution in [3.63, 3.8) is 0 Å². The topological polar surface area (TPSA) is 38.8 Å². The molecule has 4 heteroatoms. The number of nitrogens with zero attached hydrogens (tertiary/aromatic N) is 1. The Bertz CT molecular complexity index is 346. The van der Waals surface area contributed by atoms with Gasteiger partial charge in [0.05, 0.1) is 12.7 Å². The van der Waals surface area contributed by atoms with Crippen LogP contribution in [0.25, 0.3) is 0 Å². The van der Waals surface area contributed by atoms with E-state index in [0.29, 0.717) is 6.04 Å². The van der Waals surface area contributed by atoms with Crippen molar-refractivity contribution in [2.24, 2.45) is 0 Å². The summed E-state index contributed by atoms with van der Waals surface area (Å²) in [4.78, 5) is 14.3. The van der Waals surface area contributed by atoms with Crippen LogP contribution in [0.4, 0.5) is 0 Å². The molecular formula is C16H27NO3. The normalized spacial score (nSPS) is 34.2. The summed E-state index contributed by atoms with van der Waals surface area (Å²) in [6.45, 7) is 1.90. The molecule has 0 bridgehead atoms. The van der Waals surface area contributed by atoms with Crippen molar-refractivity contribution >= 4 is 5.97 Å². The molecule has 3 aliphatic rings. The number of likely N-dealkylation sites (tertiary alicyclic amines) is 1. The molecule has 4 nitrogen and oxygen atoms in total. The van der Waals surface area contributed by atoms with Crippen molar-refractivity contribution in [2.45, 2.75) is 75.5 Å². The van der Waals surface area contributed by atoms with Gasteiger partial charge in [-0.1, -0.05) is 19.3 Å². The number of carbonyl (C=O) groups excluding carboxylic acids is 1. The van der Waals surface area contributed by atoms with Gasteiger partial charge in [-0.05, 0) is 45.1 Å². The standard InChI is InChI=1S/C16H27NO3/c1-19-15(18)14-6-5-10-17(14)13-7-11-20-16(12-13)8-3-2-4-9-16/h13-14H,2-12H2,1H3. The SMILES string of the molecule is COC(=O)C1CCCN1C1CCOC2(CCCCC2)C1. The predicted molar refractivity (Wildman–Crippen MR) is 76.5 cm³/mol. The van der Waals surface area contributed by atoms with Gasteiger partial charge in [0.1, 0.15) is 6.04 Å². The van der Waals surface area contributed by atoms with Crippen LogP contribution in [0.5, 0.6) is 0 Å². The van der Waals surface area contributed by atoms with Crippen molar-refractivity contribution in [3.8, 4) is 0 Å². The third kappa shape index (κ3) is 2.73. The van der Waals surface area contributed by atoms with Crippen LogP contribution in [0.2, 0.25) is 0 Å². The van der Waals surface area contributed by atoms with Crippen molar-refractivity contribution in [1.29, 1.82) is 0 Å². The molecule has 2 heterocycles. The Morgan fingerprint density at radius 1 is 1.20 bits per heavy atom. The first-order valence-electron chi connectivity index (χ1n) is 8.22.